The van der Waals surface area contributed by atoms with Crippen LogP contribution in [0.1, 0.15) is 342 Å². The molecular formula is C73H128O6. The van der Waals surface area contributed by atoms with Crippen LogP contribution in [-0.2, 0) is 28.6 Å². The van der Waals surface area contributed by atoms with Gasteiger partial charge in [0, 0.05) is 19.3 Å². The van der Waals surface area contributed by atoms with E-state index in [2.05, 4.69) is 106 Å². The molecule has 456 valence electrons. The van der Waals surface area contributed by atoms with Gasteiger partial charge >= 0.3 is 17.9 Å². The molecule has 0 heterocycles. The number of carbonyl (C=O) groups is 3. The number of rotatable bonds is 62. The van der Waals surface area contributed by atoms with Gasteiger partial charge in [0.1, 0.15) is 13.2 Å². The van der Waals surface area contributed by atoms with Gasteiger partial charge in [0.15, 0.2) is 6.10 Å². The summed E-state index contributed by atoms with van der Waals surface area (Å²) in [7, 11) is 0. The molecule has 0 aromatic carbocycles. The minimum Gasteiger partial charge on any atom is -0.462 e. The molecule has 0 bridgehead atoms. The molecular weight excluding hydrogens is 973 g/mol. The van der Waals surface area contributed by atoms with Crippen molar-refractivity contribution in [2.24, 2.45) is 0 Å². The van der Waals surface area contributed by atoms with Crippen LogP contribution in [0.3, 0.4) is 0 Å². The van der Waals surface area contributed by atoms with E-state index in [0.29, 0.717) is 19.3 Å². The van der Waals surface area contributed by atoms with Gasteiger partial charge in [-0.2, -0.15) is 0 Å². The molecule has 0 radical (unpaired) electrons. The first-order chi connectivity index (χ1) is 39.0. The van der Waals surface area contributed by atoms with Crippen molar-refractivity contribution in [1.82, 2.24) is 0 Å². The maximum Gasteiger partial charge on any atom is 0.306 e. The molecule has 0 aromatic rings. The Morgan fingerprint density at radius 3 is 0.785 bits per heavy atom. The Morgan fingerprint density at radius 1 is 0.266 bits per heavy atom. The highest BCUT2D eigenvalue weighted by Crippen LogP contribution is 2.17. The fourth-order valence-electron chi connectivity index (χ4n) is 9.80. The molecule has 0 saturated carbocycles. The van der Waals surface area contributed by atoms with Gasteiger partial charge in [0.2, 0.25) is 0 Å². The molecule has 6 heteroatoms. The van der Waals surface area contributed by atoms with Gasteiger partial charge in [-0.3, -0.25) is 14.4 Å². The second-order valence-electron chi connectivity index (χ2n) is 22.7. The summed E-state index contributed by atoms with van der Waals surface area (Å²) in [5, 5.41) is 0. The summed E-state index contributed by atoms with van der Waals surface area (Å²) in [5.74, 6) is -0.894. The largest absolute Gasteiger partial charge is 0.462 e. The van der Waals surface area contributed by atoms with E-state index in [4.69, 9.17) is 14.2 Å². The molecule has 0 saturated heterocycles. The van der Waals surface area contributed by atoms with E-state index >= 15 is 0 Å². The van der Waals surface area contributed by atoms with Gasteiger partial charge in [-0.25, -0.2) is 0 Å². The Balaban J connectivity index is 4.40. The third-order valence-electron chi connectivity index (χ3n) is 14.9. The van der Waals surface area contributed by atoms with Gasteiger partial charge in [-0.1, -0.05) is 311 Å². The number of ether oxygens (including phenoxy) is 3. The van der Waals surface area contributed by atoms with Gasteiger partial charge in [-0.05, 0) is 96.3 Å². The third kappa shape index (κ3) is 65.3. The Morgan fingerprint density at radius 2 is 0.494 bits per heavy atom. The van der Waals surface area contributed by atoms with Gasteiger partial charge in [0.25, 0.3) is 0 Å². The molecule has 1 atom stereocenters. The van der Waals surface area contributed by atoms with Crippen molar-refractivity contribution in [3.63, 3.8) is 0 Å². The first kappa shape index (κ1) is 75.6. The molecule has 0 amide bonds. The predicted octanol–water partition coefficient (Wildman–Crippen LogP) is 23.4. The molecule has 0 aromatic heterocycles. The van der Waals surface area contributed by atoms with E-state index in [0.717, 1.165) is 122 Å². The smallest absolute Gasteiger partial charge is 0.306 e. The number of esters is 3. The molecule has 0 aliphatic heterocycles. The van der Waals surface area contributed by atoms with Crippen molar-refractivity contribution in [3.8, 4) is 0 Å². The zero-order valence-corrected chi connectivity index (χ0v) is 52.4. The molecule has 6 nitrogen and oxygen atoms in total. The highest BCUT2D eigenvalue weighted by Gasteiger charge is 2.19. The van der Waals surface area contributed by atoms with Crippen LogP contribution in [0.15, 0.2) is 85.1 Å². The van der Waals surface area contributed by atoms with E-state index in [1.54, 1.807) is 0 Å². The maximum atomic E-state index is 12.9. The molecule has 1 unspecified atom stereocenters. The van der Waals surface area contributed by atoms with Crippen molar-refractivity contribution in [3.05, 3.63) is 85.1 Å². The predicted molar refractivity (Wildman–Crippen MR) is 344 cm³/mol. The summed E-state index contributed by atoms with van der Waals surface area (Å²) in [4.78, 5) is 38.4. The van der Waals surface area contributed by atoms with Crippen LogP contribution in [0, 0.1) is 0 Å². The first-order valence-electron chi connectivity index (χ1n) is 34.1. The Hall–Kier alpha value is -3.41. The number of unbranched alkanes of at least 4 members (excludes halogenated alkanes) is 37. The minimum absolute atomic E-state index is 0.0843. The van der Waals surface area contributed by atoms with E-state index < -0.39 is 6.10 Å². The number of carbonyl (C=O) groups excluding carboxylic acids is 3. The van der Waals surface area contributed by atoms with Gasteiger partial charge < -0.3 is 14.2 Å². The third-order valence-corrected chi connectivity index (χ3v) is 14.9. The summed E-state index contributed by atoms with van der Waals surface area (Å²) >= 11 is 0. The zero-order valence-electron chi connectivity index (χ0n) is 52.4. The molecule has 0 N–H and O–H groups in total. The Labute approximate surface area is 490 Å². The highest BCUT2D eigenvalue weighted by atomic mass is 16.6. The normalized spacial score (nSPS) is 12.6. The topological polar surface area (TPSA) is 78.9 Å². The lowest BCUT2D eigenvalue weighted by atomic mass is 10.0. The number of allylic oxidation sites excluding steroid dienone is 14. The monoisotopic (exact) mass is 1100 g/mol. The molecule has 0 rings (SSSR count). The standard InChI is InChI=1S/C73H128O6/c1-4-7-10-13-16-19-22-25-28-31-34-36-38-39-42-45-48-51-54-57-60-63-66-72(75)78-69-70(68-77-71(74)65-62-59-56-53-50-47-44-41-33-30-27-24-21-18-15-12-9-6-3)79-73(76)67-64-61-58-55-52-49-46-43-40-37-35-32-29-26-23-20-17-14-11-8-5-2/h8,11,17,20-21,24,26,29-30,33,35,37,43,46,70H,4-7,9-10,12-16,18-19,22-23,25,27-28,31-32,34,36,38-42,44-45,47-69H2,1-3H3/b11-8-,20-17-,24-21-,29-26-,33-30-,37-35-,46-43-. The Kier molecular flexibility index (Phi) is 64.2. The van der Waals surface area contributed by atoms with Crippen molar-refractivity contribution < 1.29 is 28.6 Å². The van der Waals surface area contributed by atoms with Crippen LogP contribution in [0.4, 0.5) is 0 Å². The average Bonchev–Trinajstić information content (AvgIpc) is 3.45. The quantitative estimate of drug-likeness (QED) is 0.0261. The zero-order chi connectivity index (χ0) is 57.1. The van der Waals surface area contributed by atoms with Crippen molar-refractivity contribution in [1.29, 1.82) is 0 Å². The lowest BCUT2D eigenvalue weighted by Crippen LogP contribution is -2.30. The molecule has 0 aliphatic carbocycles. The molecule has 0 aliphatic rings. The lowest BCUT2D eigenvalue weighted by Gasteiger charge is -2.18. The van der Waals surface area contributed by atoms with E-state index in [1.807, 2.05) is 0 Å². The highest BCUT2D eigenvalue weighted by molar-refractivity contribution is 5.71. The average molecular weight is 1100 g/mol. The van der Waals surface area contributed by atoms with Crippen LogP contribution in [0.5, 0.6) is 0 Å². The molecule has 0 fully saturated rings. The van der Waals surface area contributed by atoms with Gasteiger partial charge in [0.05, 0.1) is 0 Å². The van der Waals surface area contributed by atoms with Crippen LogP contribution >= 0.6 is 0 Å². The second kappa shape index (κ2) is 67.1. The van der Waals surface area contributed by atoms with Crippen molar-refractivity contribution >= 4 is 17.9 Å². The van der Waals surface area contributed by atoms with E-state index in [-0.39, 0.29) is 31.1 Å². The first-order valence-corrected chi connectivity index (χ1v) is 34.1. The van der Waals surface area contributed by atoms with Gasteiger partial charge in [-0.15, -0.1) is 0 Å². The van der Waals surface area contributed by atoms with E-state index in [9.17, 15) is 14.4 Å². The fourth-order valence-corrected chi connectivity index (χ4v) is 9.80. The summed E-state index contributed by atoms with van der Waals surface area (Å²) in [5.41, 5.74) is 0. The van der Waals surface area contributed by atoms with Crippen LogP contribution in [0.2, 0.25) is 0 Å². The summed E-state index contributed by atoms with van der Waals surface area (Å²) in [6, 6.07) is 0. The van der Waals surface area contributed by atoms with Crippen molar-refractivity contribution in [2.45, 2.75) is 348 Å². The van der Waals surface area contributed by atoms with Crippen molar-refractivity contribution in [2.75, 3.05) is 13.2 Å². The van der Waals surface area contributed by atoms with E-state index in [1.165, 1.54) is 180 Å². The maximum absolute atomic E-state index is 12.9. The van der Waals surface area contributed by atoms with Crippen LogP contribution < -0.4 is 0 Å². The van der Waals surface area contributed by atoms with Crippen LogP contribution in [-0.4, -0.2) is 37.2 Å². The minimum atomic E-state index is -0.792. The second-order valence-corrected chi connectivity index (χ2v) is 22.7. The molecule has 79 heavy (non-hydrogen) atoms. The fraction of sp³-hybridized carbons (Fsp3) is 0.767. The lowest BCUT2D eigenvalue weighted by molar-refractivity contribution is -0.167. The SMILES string of the molecule is CC/C=C\C/C=C\C/C=C\C/C=C\C/C=C\CCCCCCCC(=O)OC(COC(=O)CCCCCCCCC/C=C\C/C=C\CCCCCC)COC(=O)CCCCCCCCCCCCCCCCCCCCCCCC. The Bertz CT molecular complexity index is 1500. The summed E-state index contributed by atoms with van der Waals surface area (Å²) in [6.45, 7) is 6.54. The number of hydrogen-bond acceptors (Lipinski definition) is 6. The number of hydrogen-bond donors (Lipinski definition) is 0. The summed E-state index contributed by atoms with van der Waals surface area (Å²) in [6.07, 6.45) is 88.8. The molecule has 0 spiro atoms. The summed E-state index contributed by atoms with van der Waals surface area (Å²) < 4.78 is 17.0. The van der Waals surface area contributed by atoms with Crippen LogP contribution in [0.25, 0.3) is 0 Å².